The maximum atomic E-state index is 7.27. The predicted octanol–water partition coefficient (Wildman–Crippen LogP) is 19.4. The largest absolute Gasteiger partial charge is 0.361 e. The molecule has 0 saturated carbocycles. The Morgan fingerprint density at radius 3 is 0.493 bits per heavy atom. The Kier molecular flexibility index (Phi) is 2.37. The number of fused-ring (bicyclic) bond motifs is 5. The fourth-order valence-electron chi connectivity index (χ4n) is 23.3. The Hall–Kier alpha value is -7.82. The van der Waals surface area contributed by atoms with E-state index in [2.05, 4.69) is 24.2 Å². The maximum Gasteiger partial charge on any atom is 0.123 e. The van der Waals surface area contributed by atoms with Gasteiger partial charge in [-0.15, -0.1) is 0 Å². The van der Waals surface area contributed by atoms with Crippen molar-refractivity contribution in [2.45, 2.75) is 32.4 Å². The SMILES string of the molecule is C[Si](C)(C)CCOCn1c2c3c4c5c6c7c8c9c%10c%11c%12c9c9c7c7c%13c9c9c%12c%12c%14c%11c%11c%15c%10c%10c8c6c6c8c%10c%15c%10c%15c%11c%14c%11c%14c%12c9c9c%13c(c3c75)c3c9c%14c5c%11c%15c7c%10c8c(c64)c2c7c5c31. The van der Waals surface area contributed by atoms with Gasteiger partial charge in [-0.05, 0) is 6.04 Å². The maximum absolute atomic E-state index is 7.27. The molecule has 0 atom stereocenters. The number of pyridine rings is 1. The topological polar surface area (TPSA) is 14.2 Å². The highest BCUT2D eigenvalue weighted by molar-refractivity contribution is 6.84. The molecule has 0 bridgehead atoms. The molecule has 0 aliphatic carbocycles. The molecule has 1 aromatic heterocycles. The molecule has 30 aromatic carbocycles. The molecule has 1 heterocycles. The van der Waals surface area contributed by atoms with Crippen LogP contribution in [0.1, 0.15) is 0 Å². The van der Waals surface area contributed by atoms with Gasteiger partial charge < -0.3 is 9.30 Å². The molecule has 0 aliphatic rings. The van der Waals surface area contributed by atoms with Crippen molar-refractivity contribution in [3.8, 4) is 0 Å². The Morgan fingerprint density at radius 1 is 0.217 bits per heavy atom. The molecule has 0 aliphatic heterocycles. The molecule has 0 saturated heterocycles. The first kappa shape index (κ1) is 26.6. The highest BCUT2D eigenvalue weighted by atomic mass is 28.3. The summed E-state index contributed by atoms with van der Waals surface area (Å²) in [5, 5.41) is 94.7. The van der Waals surface area contributed by atoms with E-state index in [0.29, 0.717) is 6.73 Å². The van der Waals surface area contributed by atoms with Gasteiger partial charge in [-0.1, -0.05) is 19.6 Å². The van der Waals surface area contributed by atoms with Gasteiger partial charge in [-0.25, -0.2) is 0 Å². The lowest BCUT2D eigenvalue weighted by atomic mass is 9.84. The Balaban J connectivity index is 1.18. The molecule has 69 heavy (non-hydrogen) atoms. The van der Waals surface area contributed by atoms with E-state index in [-0.39, 0.29) is 0 Å². The summed E-state index contributed by atoms with van der Waals surface area (Å²) in [5.41, 5.74) is 3.01. The number of rotatable bonds is 5. The lowest BCUT2D eigenvalue weighted by Gasteiger charge is -2.25. The minimum Gasteiger partial charge on any atom is -0.361 e. The lowest BCUT2D eigenvalue weighted by molar-refractivity contribution is 0.0930. The van der Waals surface area contributed by atoms with Gasteiger partial charge >= 0.3 is 0 Å². The second-order valence-corrected chi connectivity index (χ2v) is 31.8. The third-order valence-corrected chi connectivity index (χ3v) is 25.7. The molecule has 294 valence electrons. The van der Waals surface area contributed by atoms with Crippen molar-refractivity contribution >= 4 is 332 Å². The summed E-state index contributed by atoms with van der Waals surface area (Å²) in [4.78, 5) is 0. The number of nitrogens with zero attached hydrogens (tertiary/aromatic N) is 1. The summed E-state index contributed by atoms with van der Waals surface area (Å²) in [7, 11) is -1.33. The van der Waals surface area contributed by atoms with E-state index in [1.807, 2.05) is 0 Å². The van der Waals surface area contributed by atoms with Gasteiger partial charge in [0.25, 0.3) is 0 Å². The third kappa shape index (κ3) is 1.54. The molecule has 2 nitrogen and oxygen atoms in total. The molecule has 31 rings (SSSR count). The lowest BCUT2D eigenvalue weighted by Crippen LogP contribution is -2.22. The first-order valence-electron chi connectivity index (χ1n) is 25.9. The van der Waals surface area contributed by atoms with Crippen molar-refractivity contribution in [2.24, 2.45) is 0 Å². The number of benzene rings is 19. The monoisotopic (exact) mass is 865 g/mol. The fourth-order valence-corrected chi connectivity index (χ4v) is 24.0. The molecule has 0 unspecified atom stereocenters. The van der Waals surface area contributed by atoms with E-state index in [9.17, 15) is 0 Å². The van der Waals surface area contributed by atoms with Crippen molar-refractivity contribution in [3.63, 3.8) is 0 Å². The molecule has 0 fully saturated rings. The van der Waals surface area contributed by atoms with E-state index < -0.39 is 8.07 Å². The highest BCUT2D eigenvalue weighted by Crippen LogP contribution is 2.80. The normalized spacial score (nSPS) is 17.4. The quantitative estimate of drug-likeness (QED) is 0.0728. The average Bonchev–Trinajstić information content (AvgIpc) is 4.33. The van der Waals surface area contributed by atoms with Gasteiger partial charge in [0.05, 0.1) is 11.0 Å². The van der Waals surface area contributed by atoms with Crippen LogP contribution in [0.5, 0.6) is 0 Å². The first-order chi connectivity index (χ1) is 34.1. The first-order valence-corrected chi connectivity index (χ1v) is 29.7. The standard InChI is InChI=1S/C66H15NOSi/c1-69(2,3)5-4-68-6-67-65-61-54-47-35-27-18-9-7-8-10-13(9)22-29(27)37-38-30(22)28-19(10)21-17-12(8)15-14-11(7)16-20(18)33(35)41-39-25(16)23(14)31-32-24(15)26(17)40-42-34(21)36(28)48-50(38)59(58(61)49(37)47)62-55(48)53(42)57-46(40)44(32)51-43(31)45(39)56(52(41)54)63(65)60(51)64(57)66(62)67/h4-6H2,1-3H3. The number of hydrogen-bond acceptors (Lipinski definition) is 1. The van der Waals surface area contributed by atoms with Gasteiger partial charge in [0, 0.05) is 327 Å². The van der Waals surface area contributed by atoms with Crippen LogP contribution in [-0.4, -0.2) is 19.2 Å². The van der Waals surface area contributed by atoms with Crippen molar-refractivity contribution in [1.29, 1.82) is 0 Å². The second-order valence-electron chi connectivity index (χ2n) is 26.2. The molecule has 3 heteroatoms. The number of ether oxygens (including phenoxy) is 1. The minimum absolute atomic E-state index is 0.606. The zero-order valence-electron chi connectivity index (χ0n) is 36.5. The molecule has 0 N–H and O–H groups in total. The van der Waals surface area contributed by atoms with E-state index >= 15 is 0 Å². The number of hydrogen-bond donors (Lipinski definition) is 0. The van der Waals surface area contributed by atoms with Gasteiger partial charge in [-0.2, -0.15) is 0 Å². The zero-order chi connectivity index (χ0) is 41.5. The van der Waals surface area contributed by atoms with Crippen LogP contribution in [0, 0.1) is 0 Å². The summed E-state index contributed by atoms with van der Waals surface area (Å²) < 4.78 is 10.1. The van der Waals surface area contributed by atoms with Crippen LogP contribution >= 0.6 is 0 Å². The molecule has 0 radical (unpaired) electrons. The molecule has 0 amide bonds. The van der Waals surface area contributed by atoms with Gasteiger partial charge in [0.1, 0.15) is 6.73 Å². The molecular weight excluding hydrogens is 851 g/mol. The summed E-state index contributed by atoms with van der Waals surface area (Å²) >= 11 is 0. The summed E-state index contributed by atoms with van der Waals surface area (Å²) in [6, 6.07) is 1.18. The summed E-state index contributed by atoms with van der Waals surface area (Å²) in [6.07, 6.45) is 0. The van der Waals surface area contributed by atoms with Crippen molar-refractivity contribution < 1.29 is 4.74 Å². The summed E-state index contributed by atoms with van der Waals surface area (Å²) in [6.45, 7) is 8.97. The van der Waals surface area contributed by atoms with Crippen LogP contribution in [0.25, 0.3) is 323 Å². The van der Waals surface area contributed by atoms with Gasteiger partial charge in [-0.3, -0.25) is 0 Å². The van der Waals surface area contributed by atoms with Crippen LogP contribution in [-0.2, 0) is 11.5 Å². The molecule has 31 aromatic rings. The zero-order valence-corrected chi connectivity index (χ0v) is 37.5. The van der Waals surface area contributed by atoms with E-state index in [0.717, 1.165) is 6.61 Å². The minimum atomic E-state index is -1.33. The third-order valence-electron chi connectivity index (χ3n) is 24.0. The second kappa shape index (κ2) is 6.15. The van der Waals surface area contributed by atoms with Crippen molar-refractivity contribution in [3.05, 3.63) is 0 Å². The van der Waals surface area contributed by atoms with E-state index in [1.165, 1.54) is 17.1 Å². The van der Waals surface area contributed by atoms with Crippen LogP contribution < -0.4 is 0 Å². The van der Waals surface area contributed by atoms with E-state index in [1.54, 1.807) is 312 Å². The fraction of sp³-hybridized carbons (Fsp3) is 0.0909. The Labute approximate surface area is 377 Å². The molecule has 0 spiro atoms. The molecular formula is C66H15NOSi. The summed E-state index contributed by atoms with van der Waals surface area (Å²) in [5.74, 6) is 0. The van der Waals surface area contributed by atoms with Gasteiger partial charge in [0.15, 0.2) is 0 Å². The van der Waals surface area contributed by atoms with E-state index in [4.69, 9.17) is 4.74 Å². The van der Waals surface area contributed by atoms with Crippen LogP contribution in [0.4, 0.5) is 0 Å². The van der Waals surface area contributed by atoms with Gasteiger partial charge in [0.2, 0.25) is 0 Å². The average molecular weight is 866 g/mol. The smallest absolute Gasteiger partial charge is 0.123 e. The van der Waals surface area contributed by atoms with Crippen LogP contribution in [0.2, 0.25) is 25.7 Å². The highest BCUT2D eigenvalue weighted by Gasteiger charge is 2.51. The Bertz CT molecular complexity index is 6910. The predicted molar refractivity (Wildman–Crippen MR) is 302 cm³/mol. The van der Waals surface area contributed by atoms with Crippen molar-refractivity contribution in [1.82, 2.24) is 4.57 Å². The van der Waals surface area contributed by atoms with Crippen LogP contribution in [0.3, 0.4) is 0 Å². The van der Waals surface area contributed by atoms with Crippen LogP contribution in [0.15, 0.2) is 0 Å². The van der Waals surface area contributed by atoms with Crippen molar-refractivity contribution in [2.75, 3.05) is 6.61 Å². The Morgan fingerprint density at radius 2 is 0.348 bits per heavy atom. The number of aromatic nitrogens is 1.